The summed E-state index contributed by atoms with van der Waals surface area (Å²) in [5.41, 5.74) is 6.65. The molecule has 42 heavy (non-hydrogen) atoms. The highest BCUT2D eigenvalue weighted by atomic mass is 35.5. The van der Waals surface area contributed by atoms with Gasteiger partial charge >= 0.3 is 6.09 Å². The van der Waals surface area contributed by atoms with E-state index >= 15 is 4.39 Å². The highest BCUT2D eigenvalue weighted by Gasteiger charge is 2.36. The molecule has 1 fully saturated rings. The smallest absolute Gasteiger partial charge is 0.407 e. The van der Waals surface area contributed by atoms with Crippen LogP contribution in [-0.2, 0) is 4.74 Å². The zero-order valence-corrected chi connectivity index (χ0v) is 24.3. The van der Waals surface area contributed by atoms with Crippen molar-refractivity contribution in [2.75, 3.05) is 12.3 Å². The Hall–Kier alpha value is -3.86. The number of nitrogens with zero attached hydrogens (tertiary/aromatic N) is 2. The molecule has 1 aromatic heterocycles. The van der Waals surface area contributed by atoms with Crippen LogP contribution in [0.4, 0.5) is 23.8 Å². The number of anilines is 1. The van der Waals surface area contributed by atoms with Gasteiger partial charge in [-0.3, -0.25) is 4.79 Å². The van der Waals surface area contributed by atoms with E-state index in [1.54, 1.807) is 45.0 Å². The molecule has 1 atom stereocenters. The number of hydrogen-bond acceptors (Lipinski definition) is 6. The van der Waals surface area contributed by atoms with Crippen molar-refractivity contribution in [3.8, 4) is 11.3 Å². The van der Waals surface area contributed by atoms with E-state index in [-0.39, 0.29) is 60.8 Å². The number of carbonyl (C=O) groups excluding carboxylic acids is 2. The summed E-state index contributed by atoms with van der Waals surface area (Å²) >= 11 is 6.14. The van der Waals surface area contributed by atoms with E-state index in [2.05, 4.69) is 20.6 Å². The number of alkyl halides is 2. The van der Waals surface area contributed by atoms with Gasteiger partial charge in [-0.15, -0.1) is 0 Å². The van der Waals surface area contributed by atoms with Crippen LogP contribution in [0.15, 0.2) is 48.7 Å². The standard InChI is InChI=1S/C30H33ClF3N5O3/c1-29(2,3)42-28(41)37-16-24(18-5-4-6-20(31)13-18)39-27(40)21-8-7-19(14-22(21)32)25-26(35)36-15-23(38-25)17-9-11-30(33,34)12-10-17/h4-8,13-15,17,24H,9-12,16H2,1-3H3,(H2,35,36)(H,37,41)(H,39,40). The van der Waals surface area contributed by atoms with Gasteiger partial charge in [0.25, 0.3) is 5.91 Å². The first-order valence-corrected chi connectivity index (χ1v) is 13.9. The first-order chi connectivity index (χ1) is 19.7. The van der Waals surface area contributed by atoms with Crippen molar-refractivity contribution in [1.29, 1.82) is 0 Å². The zero-order valence-electron chi connectivity index (χ0n) is 23.5. The molecule has 0 aliphatic heterocycles. The van der Waals surface area contributed by atoms with Gasteiger partial charge < -0.3 is 21.1 Å². The van der Waals surface area contributed by atoms with E-state index in [1.165, 1.54) is 18.3 Å². The van der Waals surface area contributed by atoms with Crippen molar-refractivity contribution < 1.29 is 27.5 Å². The lowest BCUT2D eigenvalue weighted by Gasteiger charge is -2.27. The van der Waals surface area contributed by atoms with Gasteiger partial charge in [0.05, 0.1) is 23.5 Å². The van der Waals surface area contributed by atoms with E-state index in [9.17, 15) is 18.4 Å². The van der Waals surface area contributed by atoms with Crippen molar-refractivity contribution in [3.05, 3.63) is 76.3 Å². The largest absolute Gasteiger partial charge is 0.444 e. The van der Waals surface area contributed by atoms with Crippen LogP contribution >= 0.6 is 11.6 Å². The molecule has 0 radical (unpaired) electrons. The van der Waals surface area contributed by atoms with Crippen molar-refractivity contribution in [3.63, 3.8) is 0 Å². The van der Waals surface area contributed by atoms with Crippen LogP contribution in [0.2, 0.25) is 5.02 Å². The average molecular weight is 604 g/mol. The van der Waals surface area contributed by atoms with E-state index in [0.717, 1.165) is 6.07 Å². The van der Waals surface area contributed by atoms with E-state index in [4.69, 9.17) is 22.1 Å². The van der Waals surface area contributed by atoms with Crippen molar-refractivity contribution in [2.24, 2.45) is 0 Å². The number of alkyl carbamates (subject to hydrolysis) is 1. The monoisotopic (exact) mass is 603 g/mol. The number of carbonyl (C=O) groups is 2. The molecular formula is C30H33ClF3N5O3. The van der Waals surface area contributed by atoms with Gasteiger partial charge in [0.15, 0.2) is 0 Å². The van der Waals surface area contributed by atoms with Gasteiger partial charge in [0.2, 0.25) is 5.92 Å². The lowest BCUT2D eigenvalue weighted by molar-refractivity contribution is -0.0385. The fourth-order valence-electron chi connectivity index (χ4n) is 4.71. The molecule has 4 rings (SSSR count). The maximum Gasteiger partial charge on any atom is 0.407 e. The Balaban J connectivity index is 1.53. The molecule has 12 heteroatoms. The molecule has 2 amide bonds. The molecule has 1 aliphatic rings. The lowest BCUT2D eigenvalue weighted by atomic mass is 9.85. The average Bonchev–Trinajstić information content (AvgIpc) is 2.90. The van der Waals surface area contributed by atoms with Crippen LogP contribution < -0.4 is 16.4 Å². The fraction of sp³-hybridized carbons (Fsp3) is 0.400. The molecule has 0 spiro atoms. The predicted octanol–water partition coefficient (Wildman–Crippen LogP) is 6.81. The third kappa shape index (κ3) is 8.12. The molecule has 1 saturated carbocycles. The number of nitrogens with two attached hydrogens (primary N) is 1. The molecule has 0 saturated heterocycles. The molecule has 1 unspecified atom stereocenters. The number of nitrogen functional groups attached to an aromatic ring is 1. The summed E-state index contributed by atoms with van der Waals surface area (Å²) in [5, 5.41) is 5.78. The second kappa shape index (κ2) is 12.6. The Morgan fingerprint density at radius 1 is 1.17 bits per heavy atom. The lowest BCUT2D eigenvalue weighted by Crippen LogP contribution is -2.40. The summed E-state index contributed by atoms with van der Waals surface area (Å²) in [5.74, 6) is -4.41. The molecular weight excluding hydrogens is 571 g/mol. The predicted molar refractivity (Wildman–Crippen MR) is 154 cm³/mol. The van der Waals surface area contributed by atoms with E-state index < -0.39 is 35.4 Å². The Morgan fingerprint density at radius 3 is 2.52 bits per heavy atom. The van der Waals surface area contributed by atoms with E-state index in [0.29, 0.717) is 16.3 Å². The topological polar surface area (TPSA) is 119 Å². The van der Waals surface area contributed by atoms with Crippen LogP contribution in [0, 0.1) is 5.82 Å². The summed E-state index contributed by atoms with van der Waals surface area (Å²) in [6.45, 7) is 5.12. The van der Waals surface area contributed by atoms with Crippen molar-refractivity contribution in [2.45, 2.75) is 69.9 Å². The highest BCUT2D eigenvalue weighted by molar-refractivity contribution is 6.30. The van der Waals surface area contributed by atoms with Crippen LogP contribution in [0.5, 0.6) is 0 Å². The first-order valence-electron chi connectivity index (χ1n) is 13.5. The Kier molecular flexibility index (Phi) is 9.30. The number of hydrogen-bond donors (Lipinski definition) is 3. The van der Waals surface area contributed by atoms with E-state index in [1.807, 2.05) is 0 Å². The van der Waals surface area contributed by atoms with Gasteiger partial charge in [-0.25, -0.2) is 27.9 Å². The second-order valence-electron chi connectivity index (χ2n) is 11.3. The van der Waals surface area contributed by atoms with Gasteiger partial charge in [-0.1, -0.05) is 29.8 Å². The minimum absolute atomic E-state index is 0.0470. The van der Waals surface area contributed by atoms with Gasteiger partial charge in [0.1, 0.15) is 22.9 Å². The number of amides is 2. The highest BCUT2D eigenvalue weighted by Crippen LogP contribution is 2.41. The molecule has 0 bridgehead atoms. The summed E-state index contributed by atoms with van der Waals surface area (Å²) < 4.78 is 47.8. The van der Waals surface area contributed by atoms with Crippen LogP contribution in [0.1, 0.15) is 80.0 Å². The van der Waals surface area contributed by atoms with Gasteiger partial charge in [-0.2, -0.15) is 0 Å². The summed E-state index contributed by atoms with van der Waals surface area (Å²) in [6.07, 6.45) is 0.834. The number of halogens is 4. The van der Waals surface area contributed by atoms with Crippen LogP contribution in [0.25, 0.3) is 11.3 Å². The maximum absolute atomic E-state index is 15.3. The molecule has 1 heterocycles. The van der Waals surface area contributed by atoms with Gasteiger partial charge in [0, 0.05) is 35.9 Å². The molecule has 3 aromatic rings. The first kappa shape index (κ1) is 31.1. The molecule has 1 aliphatic carbocycles. The summed E-state index contributed by atoms with van der Waals surface area (Å²) in [7, 11) is 0. The van der Waals surface area contributed by atoms with Gasteiger partial charge in [-0.05, 0) is 63.4 Å². The number of rotatable bonds is 7. The summed E-state index contributed by atoms with van der Waals surface area (Å²) in [6, 6.07) is 9.86. The zero-order chi connectivity index (χ0) is 30.7. The molecule has 8 nitrogen and oxygen atoms in total. The third-order valence-corrected chi connectivity index (χ3v) is 7.08. The second-order valence-corrected chi connectivity index (χ2v) is 11.8. The molecule has 4 N–H and O–H groups in total. The number of nitrogens with one attached hydrogen (secondary N) is 2. The quantitative estimate of drug-likeness (QED) is 0.273. The minimum Gasteiger partial charge on any atom is -0.444 e. The fourth-order valence-corrected chi connectivity index (χ4v) is 4.91. The number of aromatic nitrogens is 2. The maximum atomic E-state index is 15.3. The SMILES string of the molecule is CC(C)(C)OC(=O)NCC(NC(=O)c1ccc(-c2nc(C3CCC(F)(F)CC3)cnc2N)cc1F)c1cccc(Cl)c1. The Bertz CT molecular complexity index is 1450. The summed E-state index contributed by atoms with van der Waals surface area (Å²) in [4.78, 5) is 34.1. The Labute approximate surface area is 247 Å². The molecule has 224 valence electrons. The number of ether oxygens (including phenoxy) is 1. The minimum atomic E-state index is -2.68. The molecule has 2 aromatic carbocycles. The van der Waals surface area contributed by atoms with Crippen LogP contribution in [-0.4, -0.2) is 40.0 Å². The van der Waals surface area contributed by atoms with Crippen molar-refractivity contribution in [1.82, 2.24) is 20.6 Å². The normalized spacial score (nSPS) is 16.0. The Morgan fingerprint density at radius 2 is 1.88 bits per heavy atom. The third-order valence-electron chi connectivity index (χ3n) is 6.85. The van der Waals surface area contributed by atoms with Crippen LogP contribution in [0.3, 0.4) is 0 Å². The number of benzene rings is 2. The van der Waals surface area contributed by atoms with Crippen molar-refractivity contribution >= 4 is 29.4 Å².